The van der Waals surface area contributed by atoms with Crippen LogP contribution < -0.4 is 5.32 Å². The van der Waals surface area contributed by atoms with Gasteiger partial charge in [0.2, 0.25) is 5.91 Å². The van der Waals surface area contributed by atoms with Gasteiger partial charge < -0.3 is 10.2 Å². The minimum atomic E-state index is -0.260. The zero-order valence-electron chi connectivity index (χ0n) is 11.1. The Kier molecular flexibility index (Phi) is 6.25. The summed E-state index contributed by atoms with van der Waals surface area (Å²) in [6, 6.07) is 6.31. The van der Waals surface area contributed by atoms with Crippen molar-refractivity contribution in [1.29, 1.82) is 0 Å². The monoisotopic (exact) mass is 286 g/mol. The number of nitrogens with one attached hydrogen (secondary N) is 1. The maximum atomic E-state index is 13.1. The van der Waals surface area contributed by atoms with E-state index in [0.29, 0.717) is 6.54 Å². The molecule has 1 aliphatic heterocycles. The highest BCUT2D eigenvalue weighted by Gasteiger charge is 2.23. The Morgan fingerprint density at radius 3 is 2.89 bits per heavy atom. The summed E-state index contributed by atoms with van der Waals surface area (Å²) in [4.78, 5) is 13.8. The van der Waals surface area contributed by atoms with Crippen LogP contribution in [-0.2, 0) is 11.3 Å². The van der Waals surface area contributed by atoms with Gasteiger partial charge in [0.25, 0.3) is 0 Å². The van der Waals surface area contributed by atoms with Crippen LogP contribution in [0.2, 0.25) is 0 Å². The molecule has 2 rings (SSSR count). The molecule has 1 fully saturated rings. The summed E-state index contributed by atoms with van der Waals surface area (Å²) in [6.45, 7) is 1.36. The van der Waals surface area contributed by atoms with E-state index in [2.05, 4.69) is 5.32 Å². The minimum Gasteiger partial charge on any atom is -0.340 e. The molecule has 0 aliphatic carbocycles. The van der Waals surface area contributed by atoms with E-state index in [1.165, 1.54) is 12.1 Å². The molecule has 0 spiro atoms. The Bertz CT molecular complexity index is 422. The van der Waals surface area contributed by atoms with Crippen LogP contribution in [0.3, 0.4) is 0 Å². The number of likely N-dealkylation sites (N-methyl/N-ethyl adjacent to an activating group) is 1. The molecule has 1 saturated heterocycles. The lowest BCUT2D eigenvalue weighted by atomic mass is 10.0. The number of hydrogen-bond acceptors (Lipinski definition) is 2. The van der Waals surface area contributed by atoms with E-state index in [4.69, 9.17) is 0 Å². The first-order valence-electron chi connectivity index (χ1n) is 6.39. The second kappa shape index (κ2) is 7.46. The van der Waals surface area contributed by atoms with Gasteiger partial charge in [-0.25, -0.2) is 4.39 Å². The van der Waals surface area contributed by atoms with Gasteiger partial charge >= 0.3 is 0 Å². The number of halogens is 2. The van der Waals surface area contributed by atoms with Gasteiger partial charge in [-0.15, -0.1) is 12.4 Å². The summed E-state index contributed by atoms with van der Waals surface area (Å²) in [5, 5.41) is 3.23. The number of carbonyl (C=O) groups is 1. The van der Waals surface area contributed by atoms with E-state index in [1.54, 1.807) is 18.0 Å². The second-order valence-corrected chi connectivity index (χ2v) is 4.83. The van der Waals surface area contributed by atoms with Crippen molar-refractivity contribution in [1.82, 2.24) is 10.2 Å². The molecular weight excluding hydrogens is 267 g/mol. The summed E-state index contributed by atoms with van der Waals surface area (Å²) < 4.78 is 13.1. The third kappa shape index (κ3) is 4.48. The Morgan fingerprint density at radius 2 is 2.26 bits per heavy atom. The molecule has 5 heteroatoms. The molecule has 19 heavy (non-hydrogen) atoms. The van der Waals surface area contributed by atoms with Gasteiger partial charge in [0.05, 0.1) is 6.04 Å². The van der Waals surface area contributed by atoms with Gasteiger partial charge in [-0.2, -0.15) is 0 Å². The molecule has 1 amide bonds. The molecule has 1 aromatic rings. The van der Waals surface area contributed by atoms with Crippen LogP contribution in [0.4, 0.5) is 4.39 Å². The maximum Gasteiger partial charge on any atom is 0.239 e. The van der Waals surface area contributed by atoms with Crippen molar-refractivity contribution in [3.8, 4) is 0 Å². The van der Waals surface area contributed by atoms with E-state index >= 15 is 0 Å². The van der Waals surface area contributed by atoms with Gasteiger partial charge in [-0.3, -0.25) is 4.79 Å². The predicted molar refractivity (Wildman–Crippen MR) is 75.8 cm³/mol. The number of nitrogens with zero attached hydrogens (tertiary/aromatic N) is 1. The van der Waals surface area contributed by atoms with E-state index in [1.807, 2.05) is 6.07 Å². The number of piperidine rings is 1. The third-order valence-corrected chi connectivity index (χ3v) is 3.29. The quantitative estimate of drug-likeness (QED) is 0.925. The minimum absolute atomic E-state index is 0. The zero-order chi connectivity index (χ0) is 13.0. The largest absolute Gasteiger partial charge is 0.340 e. The van der Waals surface area contributed by atoms with Crippen molar-refractivity contribution in [2.75, 3.05) is 13.6 Å². The Hall–Kier alpha value is -1.13. The zero-order valence-corrected chi connectivity index (χ0v) is 11.9. The number of benzene rings is 1. The molecule has 0 bridgehead atoms. The van der Waals surface area contributed by atoms with Crippen molar-refractivity contribution in [3.63, 3.8) is 0 Å². The second-order valence-electron chi connectivity index (χ2n) is 4.83. The number of hydrogen-bond donors (Lipinski definition) is 1. The molecule has 1 heterocycles. The lowest BCUT2D eigenvalue weighted by Gasteiger charge is -2.27. The lowest BCUT2D eigenvalue weighted by Crippen LogP contribution is -2.46. The number of carbonyl (C=O) groups excluding carboxylic acids is 1. The SMILES string of the molecule is CN(Cc1cccc(F)c1)C(=O)[C@H]1CCCCN1.Cl. The standard InChI is InChI=1S/C14H19FN2O.ClH/c1-17(10-11-5-4-6-12(15)9-11)14(18)13-7-2-3-8-16-13;/h4-6,9,13,16H,2-3,7-8,10H2,1H3;1H/t13-;/m1./s1. The summed E-state index contributed by atoms with van der Waals surface area (Å²) in [7, 11) is 1.77. The first-order chi connectivity index (χ1) is 8.66. The van der Waals surface area contributed by atoms with Crippen LogP contribution in [0, 0.1) is 5.82 Å². The van der Waals surface area contributed by atoms with Crippen LogP contribution in [0.1, 0.15) is 24.8 Å². The maximum absolute atomic E-state index is 13.1. The summed E-state index contributed by atoms with van der Waals surface area (Å²) >= 11 is 0. The van der Waals surface area contributed by atoms with Gasteiger partial charge in [0, 0.05) is 13.6 Å². The van der Waals surface area contributed by atoms with Crippen LogP contribution >= 0.6 is 12.4 Å². The average molecular weight is 287 g/mol. The van der Waals surface area contributed by atoms with Gasteiger partial charge in [0.1, 0.15) is 5.82 Å². The van der Waals surface area contributed by atoms with Gasteiger partial charge in [-0.1, -0.05) is 18.6 Å². The lowest BCUT2D eigenvalue weighted by molar-refractivity contribution is -0.133. The number of rotatable bonds is 3. The highest BCUT2D eigenvalue weighted by atomic mass is 35.5. The Morgan fingerprint density at radius 1 is 1.47 bits per heavy atom. The van der Waals surface area contributed by atoms with E-state index in [0.717, 1.165) is 31.4 Å². The van der Waals surface area contributed by atoms with Gasteiger partial charge in [-0.05, 0) is 37.1 Å². The van der Waals surface area contributed by atoms with Crippen molar-refractivity contribution in [3.05, 3.63) is 35.6 Å². The molecule has 0 unspecified atom stereocenters. The molecule has 1 aliphatic rings. The van der Waals surface area contributed by atoms with Crippen molar-refractivity contribution in [2.45, 2.75) is 31.8 Å². The first-order valence-corrected chi connectivity index (χ1v) is 6.39. The molecule has 0 aromatic heterocycles. The Labute approximate surface area is 119 Å². The van der Waals surface area contributed by atoms with E-state index in [9.17, 15) is 9.18 Å². The highest BCUT2D eigenvalue weighted by Crippen LogP contribution is 2.12. The molecular formula is C14H20ClFN2O. The average Bonchev–Trinajstić information content (AvgIpc) is 2.39. The fraction of sp³-hybridized carbons (Fsp3) is 0.500. The van der Waals surface area contributed by atoms with Crippen LogP contribution in [0.5, 0.6) is 0 Å². The smallest absolute Gasteiger partial charge is 0.239 e. The molecule has 3 nitrogen and oxygen atoms in total. The molecule has 1 aromatic carbocycles. The fourth-order valence-corrected chi connectivity index (χ4v) is 2.32. The summed E-state index contributed by atoms with van der Waals surface area (Å²) in [5.41, 5.74) is 0.821. The molecule has 1 atom stereocenters. The molecule has 0 radical (unpaired) electrons. The Balaban J connectivity index is 0.00000180. The third-order valence-electron chi connectivity index (χ3n) is 3.29. The predicted octanol–water partition coefficient (Wildman–Crippen LogP) is 2.35. The fourth-order valence-electron chi connectivity index (χ4n) is 2.32. The van der Waals surface area contributed by atoms with Crippen LogP contribution in [0.25, 0.3) is 0 Å². The van der Waals surface area contributed by atoms with Gasteiger partial charge in [0.15, 0.2) is 0 Å². The summed E-state index contributed by atoms with van der Waals surface area (Å²) in [5.74, 6) is -0.164. The molecule has 106 valence electrons. The van der Waals surface area contributed by atoms with E-state index < -0.39 is 0 Å². The summed E-state index contributed by atoms with van der Waals surface area (Å²) in [6.07, 6.45) is 3.13. The van der Waals surface area contributed by atoms with Crippen molar-refractivity contribution >= 4 is 18.3 Å². The first kappa shape index (κ1) is 15.9. The number of amides is 1. The van der Waals surface area contributed by atoms with Crippen molar-refractivity contribution < 1.29 is 9.18 Å². The van der Waals surface area contributed by atoms with Crippen molar-refractivity contribution in [2.24, 2.45) is 0 Å². The highest BCUT2D eigenvalue weighted by molar-refractivity contribution is 5.85. The topological polar surface area (TPSA) is 32.3 Å². The van der Waals surface area contributed by atoms with Crippen LogP contribution in [-0.4, -0.2) is 30.4 Å². The van der Waals surface area contributed by atoms with Crippen LogP contribution in [0.15, 0.2) is 24.3 Å². The molecule has 0 saturated carbocycles. The normalized spacial score (nSPS) is 18.5. The van der Waals surface area contributed by atoms with E-state index in [-0.39, 0.29) is 30.2 Å². The molecule has 1 N–H and O–H groups in total.